The normalized spacial score (nSPS) is 36.2. The van der Waals surface area contributed by atoms with E-state index >= 15 is 0 Å². The predicted octanol–water partition coefficient (Wildman–Crippen LogP) is 2.21. The lowest BCUT2D eigenvalue weighted by Crippen LogP contribution is -2.48. The minimum absolute atomic E-state index is 0.296. The summed E-state index contributed by atoms with van der Waals surface area (Å²) in [5, 5.41) is 20.7. The second-order valence-electron chi connectivity index (χ2n) is 6.15. The van der Waals surface area contributed by atoms with Crippen molar-refractivity contribution < 1.29 is 14.9 Å². The van der Waals surface area contributed by atoms with Gasteiger partial charge in [-0.3, -0.25) is 0 Å². The van der Waals surface area contributed by atoms with Crippen molar-refractivity contribution in [1.29, 1.82) is 0 Å². The number of aliphatic hydroxyl groups excluding tert-OH is 1. The molecule has 0 saturated heterocycles. The predicted molar refractivity (Wildman–Crippen MR) is 68.8 cm³/mol. The maximum Gasteiger partial charge on any atom is 0.0801 e. The minimum atomic E-state index is -0.718. The lowest BCUT2D eigenvalue weighted by atomic mass is 9.65. The molecular weight excluding hydrogens is 216 g/mol. The number of methoxy groups -OCH3 is 1. The first-order valence-electron chi connectivity index (χ1n) is 6.78. The van der Waals surface area contributed by atoms with E-state index in [1.165, 1.54) is 6.42 Å². The molecule has 0 aromatic heterocycles. The molecule has 0 radical (unpaired) electrons. The molecule has 0 spiro atoms. The Morgan fingerprint density at radius 3 is 2.53 bits per heavy atom. The van der Waals surface area contributed by atoms with Gasteiger partial charge in [0.15, 0.2) is 0 Å². The van der Waals surface area contributed by atoms with Gasteiger partial charge in [0.1, 0.15) is 0 Å². The van der Waals surface area contributed by atoms with Crippen LogP contribution in [0.3, 0.4) is 0 Å². The van der Waals surface area contributed by atoms with Crippen molar-refractivity contribution in [3.8, 4) is 0 Å². The molecule has 102 valence electrons. The summed E-state index contributed by atoms with van der Waals surface area (Å²) < 4.78 is 4.95. The molecule has 1 fully saturated rings. The average molecular weight is 244 g/mol. The Balaban J connectivity index is 2.71. The van der Waals surface area contributed by atoms with Crippen LogP contribution in [0.5, 0.6) is 0 Å². The van der Waals surface area contributed by atoms with E-state index in [2.05, 4.69) is 20.8 Å². The lowest BCUT2D eigenvalue weighted by Gasteiger charge is -2.45. The van der Waals surface area contributed by atoms with Crippen molar-refractivity contribution in [3.05, 3.63) is 0 Å². The summed E-state index contributed by atoms with van der Waals surface area (Å²) in [6.07, 6.45) is 2.93. The third kappa shape index (κ3) is 3.94. The highest BCUT2D eigenvalue weighted by atomic mass is 16.5. The van der Waals surface area contributed by atoms with Crippen LogP contribution in [0.4, 0.5) is 0 Å². The van der Waals surface area contributed by atoms with Gasteiger partial charge in [0.2, 0.25) is 0 Å². The van der Waals surface area contributed by atoms with Crippen LogP contribution in [0, 0.1) is 17.8 Å². The first kappa shape index (κ1) is 14.9. The summed E-state index contributed by atoms with van der Waals surface area (Å²) in [5.41, 5.74) is -0.718. The monoisotopic (exact) mass is 244 g/mol. The number of hydrogen-bond acceptors (Lipinski definition) is 3. The van der Waals surface area contributed by atoms with Crippen LogP contribution in [0.15, 0.2) is 0 Å². The van der Waals surface area contributed by atoms with Crippen molar-refractivity contribution in [2.75, 3.05) is 13.7 Å². The van der Waals surface area contributed by atoms with E-state index in [1.807, 2.05) is 0 Å². The van der Waals surface area contributed by atoms with Gasteiger partial charge in [-0.05, 0) is 30.6 Å². The Hall–Kier alpha value is -0.120. The molecule has 3 heteroatoms. The molecular formula is C14H28O3. The third-order valence-electron chi connectivity index (χ3n) is 4.12. The van der Waals surface area contributed by atoms with Crippen molar-refractivity contribution in [2.45, 2.75) is 58.2 Å². The zero-order chi connectivity index (χ0) is 13.1. The standard InChI is InChI=1S/C14H28O3/c1-10(2)13-6-5-11(3)7-14(13,16)8-12(15)9-17-4/h10-13,15-16H,5-9H2,1-4H3/t11-,12?,13+,14-/m1/s1. The van der Waals surface area contributed by atoms with E-state index < -0.39 is 11.7 Å². The van der Waals surface area contributed by atoms with E-state index in [1.54, 1.807) is 7.11 Å². The van der Waals surface area contributed by atoms with Crippen LogP contribution in [-0.4, -0.2) is 35.6 Å². The zero-order valence-corrected chi connectivity index (χ0v) is 11.6. The number of hydrogen-bond donors (Lipinski definition) is 2. The smallest absolute Gasteiger partial charge is 0.0801 e. The fraction of sp³-hybridized carbons (Fsp3) is 1.00. The summed E-state index contributed by atoms with van der Waals surface area (Å²) in [7, 11) is 1.58. The van der Waals surface area contributed by atoms with Gasteiger partial charge in [0.05, 0.1) is 18.3 Å². The summed E-state index contributed by atoms with van der Waals surface area (Å²) in [6.45, 7) is 6.81. The average Bonchev–Trinajstić information content (AvgIpc) is 2.15. The van der Waals surface area contributed by atoms with E-state index in [-0.39, 0.29) is 0 Å². The maximum absolute atomic E-state index is 10.9. The molecule has 17 heavy (non-hydrogen) atoms. The molecule has 4 atom stereocenters. The van der Waals surface area contributed by atoms with E-state index in [4.69, 9.17) is 4.74 Å². The second-order valence-corrected chi connectivity index (χ2v) is 6.15. The summed E-state index contributed by atoms with van der Waals surface area (Å²) in [4.78, 5) is 0. The number of aliphatic hydroxyl groups is 2. The molecule has 1 aliphatic carbocycles. The molecule has 0 bridgehead atoms. The van der Waals surface area contributed by atoms with Crippen molar-refractivity contribution in [1.82, 2.24) is 0 Å². The van der Waals surface area contributed by atoms with Gasteiger partial charge in [0, 0.05) is 13.5 Å². The van der Waals surface area contributed by atoms with Gasteiger partial charge in [-0.25, -0.2) is 0 Å². The van der Waals surface area contributed by atoms with E-state index in [0.29, 0.717) is 30.8 Å². The highest BCUT2D eigenvalue weighted by Crippen LogP contribution is 2.43. The van der Waals surface area contributed by atoms with Crippen LogP contribution in [0.2, 0.25) is 0 Å². The summed E-state index contributed by atoms with van der Waals surface area (Å²) in [6, 6.07) is 0. The molecule has 1 aliphatic rings. The summed E-state index contributed by atoms with van der Waals surface area (Å²) in [5.74, 6) is 1.30. The fourth-order valence-electron chi connectivity index (χ4n) is 3.44. The quantitative estimate of drug-likeness (QED) is 0.779. The third-order valence-corrected chi connectivity index (χ3v) is 4.12. The molecule has 1 saturated carbocycles. The van der Waals surface area contributed by atoms with Gasteiger partial charge in [0.25, 0.3) is 0 Å². The van der Waals surface area contributed by atoms with Crippen LogP contribution in [-0.2, 0) is 4.74 Å². The molecule has 1 unspecified atom stereocenters. The molecule has 3 nitrogen and oxygen atoms in total. The van der Waals surface area contributed by atoms with Crippen molar-refractivity contribution >= 4 is 0 Å². The van der Waals surface area contributed by atoms with Crippen LogP contribution < -0.4 is 0 Å². The second kappa shape index (κ2) is 6.17. The van der Waals surface area contributed by atoms with Crippen molar-refractivity contribution in [2.24, 2.45) is 17.8 Å². The lowest BCUT2D eigenvalue weighted by molar-refractivity contribution is -0.113. The maximum atomic E-state index is 10.9. The van der Waals surface area contributed by atoms with E-state index in [0.717, 1.165) is 12.8 Å². The van der Waals surface area contributed by atoms with Gasteiger partial charge >= 0.3 is 0 Å². The topological polar surface area (TPSA) is 49.7 Å². The van der Waals surface area contributed by atoms with Crippen LogP contribution >= 0.6 is 0 Å². The van der Waals surface area contributed by atoms with Crippen LogP contribution in [0.1, 0.15) is 46.5 Å². The fourth-order valence-corrected chi connectivity index (χ4v) is 3.44. The highest BCUT2D eigenvalue weighted by Gasteiger charge is 2.43. The number of ether oxygens (including phenoxy) is 1. The molecule has 2 N–H and O–H groups in total. The molecule has 1 rings (SSSR count). The summed E-state index contributed by atoms with van der Waals surface area (Å²) >= 11 is 0. The van der Waals surface area contributed by atoms with Crippen molar-refractivity contribution in [3.63, 3.8) is 0 Å². The highest BCUT2D eigenvalue weighted by molar-refractivity contribution is 4.94. The van der Waals surface area contributed by atoms with Gasteiger partial charge in [-0.15, -0.1) is 0 Å². The first-order valence-corrected chi connectivity index (χ1v) is 6.78. The van der Waals surface area contributed by atoms with Gasteiger partial charge in [-0.1, -0.05) is 27.2 Å². The molecule has 0 heterocycles. The Morgan fingerprint density at radius 1 is 1.35 bits per heavy atom. The largest absolute Gasteiger partial charge is 0.391 e. The molecule has 0 aromatic rings. The zero-order valence-electron chi connectivity index (χ0n) is 11.6. The SMILES string of the molecule is COCC(O)C[C@]1(O)C[C@H](C)CC[C@H]1C(C)C. The molecule has 0 aromatic carbocycles. The Bertz CT molecular complexity index is 230. The first-order chi connectivity index (χ1) is 7.89. The van der Waals surface area contributed by atoms with Crippen LogP contribution in [0.25, 0.3) is 0 Å². The molecule has 0 aliphatic heterocycles. The van der Waals surface area contributed by atoms with Gasteiger partial charge in [-0.2, -0.15) is 0 Å². The minimum Gasteiger partial charge on any atom is -0.391 e. The number of rotatable bonds is 5. The Morgan fingerprint density at radius 2 is 2.00 bits per heavy atom. The Labute approximate surface area is 105 Å². The van der Waals surface area contributed by atoms with E-state index in [9.17, 15) is 10.2 Å². The Kier molecular flexibility index (Phi) is 5.42. The molecule has 0 amide bonds. The van der Waals surface area contributed by atoms with Gasteiger partial charge < -0.3 is 14.9 Å².